The lowest BCUT2D eigenvalue weighted by Gasteiger charge is -2.31. The predicted octanol–water partition coefficient (Wildman–Crippen LogP) is 2.53. The van der Waals surface area contributed by atoms with Crippen molar-refractivity contribution in [3.8, 4) is 0 Å². The molecule has 9 heteroatoms. The van der Waals surface area contributed by atoms with Gasteiger partial charge in [0.1, 0.15) is 0 Å². The summed E-state index contributed by atoms with van der Waals surface area (Å²) in [4.78, 5) is -0.287. The monoisotopic (exact) mass is 380 g/mol. The van der Waals surface area contributed by atoms with Crippen molar-refractivity contribution in [3.63, 3.8) is 0 Å². The van der Waals surface area contributed by atoms with Crippen molar-refractivity contribution >= 4 is 10.0 Å². The standard InChI is InChI=1S/C16H23F3N2O3S/c1-12-3-4-13(16(17,18)19)11-15(12)25(22,23)21-8-5-14(6-9-21)24-10-2-7-20/h3-4,11,14H,2,5-10,20H2,1H3. The van der Waals surface area contributed by atoms with Crippen LogP contribution in [0, 0.1) is 6.92 Å². The van der Waals surface area contributed by atoms with Crippen LogP contribution in [0.5, 0.6) is 0 Å². The van der Waals surface area contributed by atoms with Gasteiger partial charge in [0.25, 0.3) is 0 Å². The summed E-state index contributed by atoms with van der Waals surface area (Å²) in [6, 6.07) is 2.80. The van der Waals surface area contributed by atoms with E-state index in [-0.39, 0.29) is 24.1 Å². The molecule has 0 saturated carbocycles. The molecule has 0 spiro atoms. The summed E-state index contributed by atoms with van der Waals surface area (Å²) in [5.74, 6) is 0. The zero-order chi connectivity index (χ0) is 18.7. The summed E-state index contributed by atoms with van der Waals surface area (Å²) in [6.45, 7) is 3.01. The number of hydrogen-bond donors (Lipinski definition) is 1. The van der Waals surface area contributed by atoms with E-state index in [4.69, 9.17) is 10.5 Å². The van der Waals surface area contributed by atoms with Crippen molar-refractivity contribution in [2.45, 2.75) is 43.4 Å². The predicted molar refractivity (Wildman–Crippen MR) is 87.6 cm³/mol. The van der Waals surface area contributed by atoms with Gasteiger partial charge in [0.15, 0.2) is 0 Å². The molecule has 1 fully saturated rings. The molecule has 0 aliphatic carbocycles. The Labute approximate surface area is 146 Å². The molecule has 25 heavy (non-hydrogen) atoms. The fraction of sp³-hybridized carbons (Fsp3) is 0.625. The molecule has 1 heterocycles. The number of rotatable bonds is 6. The van der Waals surface area contributed by atoms with Crippen molar-refractivity contribution in [1.82, 2.24) is 4.31 Å². The van der Waals surface area contributed by atoms with Crippen molar-refractivity contribution in [2.24, 2.45) is 5.73 Å². The number of nitrogens with zero attached hydrogens (tertiary/aromatic N) is 1. The third-order valence-corrected chi connectivity index (χ3v) is 6.28. The fourth-order valence-corrected chi connectivity index (χ4v) is 4.49. The Kier molecular flexibility index (Phi) is 6.47. The van der Waals surface area contributed by atoms with E-state index >= 15 is 0 Å². The zero-order valence-corrected chi connectivity index (χ0v) is 14.9. The summed E-state index contributed by atoms with van der Waals surface area (Å²) >= 11 is 0. The number of aryl methyl sites for hydroxylation is 1. The normalized spacial score (nSPS) is 17.8. The minimum Gasteiger partial charge on any atom is -0.378 e. The molecule has 0 radical (unpaired) electrons. The fourth-order valence-electron chi connectivity index (χ4n) is 2.77. The van der Waals surface area contributed by atoms with Crippen LogP contribution in [0.2, 0.25) is 0 Å². The summed E-state index contributed by atoms with van der Waals surface area (Å²) in [5, 5.41) is 0. The molecule has 0 amide bonds. The second-order valence-corrected chi connectivity index (χ2v) is 8.00. The second kappa shape index (κ2) is 8.03. The number of ether oxygens (including phenoxy) is 1. The highest BCUT2D eigenvalue weighted by Crippen LogP contribution is 2.33. The van der Waals surface area contributed by atoms with Crippen LogP contribution in [-0.4, -0.2) is 45.1 Å². The van der Waals surface area contributed by atoms with Gasteiger partial charge in [-0.2, -0.15) is 17.5 Å². The Bertz CT molecular complexity index is 684. The largest absolute Gasteiger partial charge is 0.416 e. The molecule has 1 aliphatic heterocycles. The number of nitrogens with two attached hydrogens (primary N) is 1. The zero-order valence-electron chi connectivity index (χ0n) is 14.1. The van der Waals surface area contributed by atoms with Gasteiger partial charge >= 0.3 is 6.18 Å². The molecule has 1 aromatic rings. The minimum absolute atomic E-state index is 0.0411. The average Bonchev–Trinajstić information content (AvgIpc) is 2.54. The molecular weight excluding hydrogens is 357 g/mol. The number of halogens is 3. The highest BCUT2D eigenvalue weighted by atomic mass is 32.2. The first-order chi connectivity index (χ1) is 11.7. The van der Waals surface area contributed by atoms with Gasteiger partial charge in [-0.15, -0.1) is 0 Å². The van der Waals surface area contributed by atoms with E-state index in [0.717, 1.165) is 12.5 Å². The third kappa shape index (κ3) is 4.93. The molecule has 0 atom stereocenters. The molecule has 1 aliphatic rings. The summed E-state index contributed by atoms with van der Waals surface area (Å²) in [7, 11) is -3.97. The maximum absolute atomic E-state index is 12.9. The van der Waals surface area contributed by atoms with E-state index in [0.29, 0.717) is 37.6 Å². The molecule has 142 valence electrons. The smallest absolute Gasteiger partial charge is 0.378 e. The van der Waals surface area contributed by atoms with E-state index in [1.807, 2.05) is 0 Å². The van der Waals surface area contributed by atoms with Crippen LogP contribution in [0.3, 0.4) is 0 Å². The molecule has 0 bridgehead atoms. The van der Waals surface area contributed by atoms with Crippen LogP contribution in [0.25, 0.3) is 0 Å². The first-order valence-electron chi connectivity index (χ1n) is 8.16. The molecule has 1 aromatic carbocycles. The van der Waals surface area contributed by atoms with Gasteiger partial charge in [-0.3, -0.25) is 0 Å². The molecule has 0 aromatic heterocycles. The molecular formula is C16H23F3N2O3S. The first-order valence-corrected chi connectivity index (χ1v) is 9.60. The Morgan fingerprint density at radius 3 is 2.48 bits per heavy atom. The van der Waals surface area contributed by atoms with Crippen molar-refractivity contribution in [2.75, 3.05) is 26.2 Å². The molecule has 2 rings (SSSR count). The van der Waals surface area contributed by atoms with Gasteiger partial charge in [0.2, 0.25) is 10.0 Å². The topological polar surface area (TPSA) is 72.6 Å². The van der Waals surface area contributed by atoms with Gasteiger partial charge in [-0.25, -0.2) is 8.42 Å². The lowest BCUT2D eigenvalue weighted by atomic mass is 10.1. The Balaban J connectivity index is 2.12. The van der Waals surface area contributed by atoms with Crippen LogP contribution in [0.1, 0.15) is 30.4 Å². The number of piperidine rings is 1. The van der Waals surface area contributed by atoms with E-state index in [2.05, 4.69) is 0 Å². The SMILES string of the molecule is Cc1ccc(C(F)(F)F)cc1S(=O)(=O)N1CCC(OCCCN)CC1. The first kappa shape index (κ1) is 20.2. The number of sulfonamides is 1. The summed E-state index contributed by atoms with van der Waals surface area (Å²) < 4.78 is 71.1. The summed E-state index contributed by atoms with van der Waals surface area (Å²) in [5.41, 5.74) is 4.74. The number of benzene rings is 1. The van der Waals surface area contributed by atoms with E-state index in [9.17, 15) is 21.6 Å². The molecule has 0 unspecified atom stereocenters. The van der Waals surface area contributed by atoms with Crippen molar-refractivity contribution in [1.29, 1.82) is 0 Å². The van der Waals surface area contributed by atoms with Gasteiger partial charge in [-0.05, 0) is 50.4 Å². The lowest BCUT2D eigenvalue weighted by molar-refractivity contribution is -0.137. The van der Waals surface area contributed by atoms with Crippen LogP contribution in [0.15, 0.2) is 23.1 Å². The van der Waals surface area contributed by atoms with Gasteiger partial charge < -0.3 is 10.5 Å². The van der Waals surface area contributed by atoms with Crippen LogP contribution >= 0.6 is 0 Å². The van der Waals surface area contributed by atoms with Crippen molar-refractivity contribution in [3.05, 3.63) is 29.3 Å². The van der Waals surface area contributed by atoms with Crippen LogP contribution < -0.4 is 5.73 Å². The lowest BCUT2D eigenvalue weighted by Crippen LogP contribution is -2.41. The molecule has 1 saturated heterocycles. The molecule has 2 N–H and O–H groups in total. The second-order valence-electron chi connectivity index (χ2n) is 6.09. The number of alkyl halides is 3. The molecule has 5 nitrogen and oxygen atoms in total. The Hall–Kier alpha value is -1.16. The van der Waals surface area contributed by atoms with Crippen LogP contribution in [0.4, 0.5) is 13.2 Å². The number of hydrogen-bond acceptors (Lipinski definition) is 4. The maximum atomic E-state index is 12.9. The Morgan fingerprint density at radius 1 is 1.28 bits per heavy atom. The third-order valence-electron chi connectivity index (χ3n) is 4.24. The van der Waals surface area contributed by atoms with Gasteiger partial charge in [0, 0.05) is 19.7 Å². The quantitative estimate of drug-likeness (QED) is 0.770. The highest BCUT2D eigenvalue weighted by molar-refractivity contribution is 7.89. The highest BCUT2D eigenvalue weighted by Gasteiger charge is 2.35. The van der Waals surface area contributed by atoms with Crippen LogP contribution in [-0.2, 0) is 20.9 Å². The maximum Gasteiger partial charge on any atom is 0.416 e. The minimum atomic E-state index is -4.58. The Morgan fingerprint density at radius 2 is 1.92 bits per heavy atom. The van der Waals surface area contributed by atoms with Crippen molar-refractivity contribution < 1.29 is 26.3 Å². The van der Waals surface area contributed by atoms with Gasteiger partial charge in [0.05, 0.1) is 16.6 Å². The van der Waals surface area contributed by atoms with Gasteiger partial charge in [-0.1, -0.05) is 6.07 Å². The average molecular weight is 380 g/mol. The van der Waals surface area contributed by atoms with E-state index in [1.54, 1.807) is 0 Å². The van der Waals surface area contributed by atoms with E-state index in [1.165, 1.54) is 17.3 Å². The summed E-state index contributed by atoms with van der Waals surface area (Å²) in [6.07, 6.45) is -2.85. The van der Waals surface area contributed by atoms with E-state index < -0.39 is 21.8 Å².